The molecule has 2 aromatic heterocycles. The second kappa shape index (κ2) is 5.24. The Morgan fingerprint density at radius 1 is 1.50 bits per heavy atom. The molecule has 4 rings (SSSR count). The van der Waals surface area contributed by atoms with E-state index in [9.17, 15) is 4.79 Å². The summed E-state index contributed by atoms with van der Waals surface area (Å²) in [5, 5.41) is 4.59. The third kappa shape index (κ3) is 1.88. The summed E-state index contributed by atoms with van der Waals surface area (Å²) < 4.78 is 24.8. The van der Waals surface area contributed by atoms with Crippen LogP contribution in [0.4, 0.5) is 5.95 Å². The molecule has 4 heterocycles. The maximum absolute atomic E-state index is 12.0. The highest BCUT2D eigenvalue weighted by molar-refractivity contribution is 5.74. The number of methoxy groups -OCH3 is 2. The van der Waals surface area contributed by atoms with Gasteiger partial charge in [-0.05, 0) is 6.92 Å². The predicted molar refractivity (Wildman–Crippen MR) is 82.4 cm³/mol. The second-order valence-electron chi connectivity index (χ2n) is 6.07. The van der Waals surface area contributed by atoms with E-state index >= 15 is 0 Å². The molecule has 0 saturated carbocycles. The summed E-state index contributed by atoms with van der Waals surface area (Å²) in [5.41, 5.74) is 4.90. The summed E-state index contributed by atoms with van der Waals surface area (Å²) in [4.78, 5) is 18.6. The molecule has 130 valence electrons. The summed E-state index contributed by atoms with van der Waals surface area (Å²) in [5.74, 6) is 0.0154. The zero-order chi connectivity index (χ0) is 17.1. The van der Waals surface area contributed by atoms with Gasteiger partial charge < -0.3 is 24.7 Å². The van der Waals surface area contributed by atoms with Crippen LogP contribution in [0.15, 0.2) is 11.0 Å². The van der Waals surface area contributed by atoms with Crippen molar-refractivity contribution in [2.45, 2.75) is 37.1 Å². The van der Waals surface area contributed by atoms with Crippen molar-refractivity contribution in [3.8, 4) is 0 Å². The summed E-state index contributed by atoms with van der Waals surface area (Å²) in [7, 11) is 3.21. The van der Waals surface area contributed by atoms with Gasteiger partial charge in [0.25, 0.3) is 5.56 Å². The number of ether oxygens (including phenoxy) is 4. The lowest BCUT2D eigenvalue weighted by Crippen LogP contribution is -2.50. The lowest BCUT2D eigenvalue weighted by molar-refractivity contribution is -0.222. The zero-order valence-electron chi connectivity index (χ0n) is 13.6. The van der Waals surface area contributed by atoms with Gasteiger partial charge >= 0.3 is 0 Å². The highest BCUT2D eigenvalue weighted by atomic mass is 16.7. The summed E-state index contributed by atoms with van der Waals surface area (Å²) in [6.07, 6.45) is -0.0782. The van der Waals surface area contributed by atoms with Crippen LogP contribution in [0.3, 0.4) is 0 Å². The lowest BCUT2D eigenvalue weighted by Gasteiger charge is -2.35. The Labute approximate surface area is 136 Å². The maximum Gasteiger partial charge on any atom is 0.263 e. The van der Waals surface area contributed by atoms with Gasteiger partial charge in [0.1, 0.15) is 23.2 Å². The van der Waals surface area contributed by atoms with Crippen LogP contribution in [-0.2, 0) is 18.9 Å². The number of fused-ring (bicyclic) bond motifs is 3. The van der Waals surface area contributed by atoms with Crippen LogP contribution in [0.5, 0.6) is 0 Å². The van der Waals surface area contributed by atoms with Gasteiger partial charge in [0, 0.05) is 14.2 Å². The minimum Gasteiger partial charge on any atom is -0.381 e. The van der Waals surface area contributed by atoms with Crippen LogP contribution in [0.25, 0.3) is 11.0 Å². The van der Waals surface area contributed by atoms with E-state index in [2.05, 4.69) is 15.1 Å². The molecule has 2 fully saturated rings. The molecule has 0 aromatic carbocycles. The van der Waals surface area contributed by atoms with E-state index in [1.165, 1.54) is 10.9 Å². The topological polar surface area (TPSA) is 127 Å². The van der Waals surface area contributed by atoms with Crippen LogP contribution >= 0.6 is 0 Å². The van der Waals surface area contributed by atoms with E-state index < -0.39 is 17.9 Å². The first-order valence-corrected chi connectivity index (χ1v) is 7.60. The van der Waals surface area contributed by atoms with Crippen LogP contribution in [0, 0.1) is 0 Å². The molecule has 0 radical (unpaired) electrons. The Bertz CT molecular complexity index is 835. The van der Waals surface area contributed by atoms with Crippen molar-refractivity contribution in [1.29, 1.82) is 0 Å². The van der Waals surface area contributed by atoms with Crippen molar-refractivity contribution < 1.29 is 18.9 Å². The molecule has 0 spiro atoms. The molecule has 10 heteroatoms. The maximum atomic E-state index is 12.0. The molecule has 2 saturated heterocycles. The Kier molecular flexibility index (Phi) is 3.39. The molecule has 10 nitrogen and oxygen atoms in total. The Morgan fingerprint density at radius 2 is 2.29 bits per heavy atom. The fraction of sp³-hybridized carbons (Fsp3) is 0.643. The first-order chi connectivity index (χ1) is 11.5. The van der Waals surface area contributed by atoms with E-state index in [0.717, 1.165) is 0 Å². The molecule has 2 aliphatic rings. The number of nitrogens with two attached hydrogens (primary N) is 1. The average Bonchev–Trinajstić information content (AvgIpc) is 3.14. The van der Waals surface area contributed by atoms with Crippen molar-refractivity contribution in [2.75, 3.05) is 26.6 Å². The summed E-state index contributed by atoms with van der Waals surface area (Å²) in [6, 6.07) is 0. The fourth-order valence-corrected chi connectivity index (χ4v) is 3.72. The molecule has 2 unspecified atom stereocenters. The number of hydrogen-bond donors (Lipinski definition) is 2. The molecule has 2 aliphatic heterocycles. The van der Waals surface area contributed by atoms with Gasteiger partial charge in [0.2, 0.25) is 5.95 Å². The predicted octanol–water partition coefficient (Wildman–Crippen LogP) is -0.582. The van der Waals surface area contributed by atoms with Crippen LogP contribution in [0.1, 0.15) is 13.2 Å². The number of anilines is 1. The third-order valence-electron chi connectivity index (χ3n) is 4.80. The minimum absolute atomic E-state index is 0.0154. The van der Waals surface area contributed by atoms with Crippen molar-refractivity contribution in [2.24, 2.45) is 0 Å². The third-order valence-corrected chi connectivity index (χ3v) is 4.80. The van der Waals surface area contributed by atoms with Gasteiger partial charge in [-0.3, -0.25) is 9.78 Å². The number of hydrogen-bond acceptors (Lipinski definition) is 8. The highest BCUT2D eigenvalue weighted by Gasteiger charge is 2.66. The van der Waals surface area contributed by atoms with Crippen molar-refractivity contribution in [3.05, 3.63) is 16.6 Å². The van der Waals surface area contributed by atoms with E-state index in [1.807, 2.05) is 6.92 Å². The lowest BCUT2D eigenvalue weighted by atomic mass is 9.94. The molecular weight excluding hydrogens is 318 g/mol. The molecule has 2 aromatic rings. The number of nitrogens with one attached hydrogen (secondary N) is 1. The quantitative estimate of drug-likeness (QED) is 0.758. The summed E-state index contributed by atoms with van der Waals surface area (Å²) in [6.45, 7) is 2.23. The Balaban J connectivity index is 1.81. The zero-order valence-corrected chi connectivity index (χ0v) is 13.6. The smallest absolute Gasteiger partial charge is 0.263 e. The molecular formula is C14H19N5O5. The number of nitrogens with zero attached hydrogens (tertiary/aromatic N) is 3. The van der Waals surface area contributed by atoms with Crippen molar-refractivity contribution in [3.63, 3.8) is 0 Å². The molecule has 3 N–H and O–H groups in total. The van der Waals surface area contributed by atoms with Gasteiger partial charge in [-0.25, -0.2) is 4.68 Å². The number of aromatic nitrogens is 4. The first kappa shape index (κ1) is 15.5. The van der Waals surface area contributed by atoms with E-state index in [-0.39, 0.29) is 23.7 Å². The van der Waals surface area contributed by atoms with Gasteiger partial charge in [0.15, 0.2) is 11.9 Å². The molecule has 2 bridgehead atoms. The van der Waals surface area contributed by atoms with Gasteiger partial charge in [-0.2, -0.15) is 10.1 Å². The largest absolute Gasteiger partial charge is 0.381 e. The van der Waals surface area contributed by atoms with Gasteiger partial charge in [-0.1, -0.05) is 0 Å². The van der Waals surface area contributed by atoms with Crippen LogP contribution in [0.2, 0.25) is 0 Å². The standard InChI is InChI=1S/C14H19N5O5/c1-6-14(5-21-2)9(22-3)8(23-6)12(24-14)19-10-7(4-16-19)11(20)18-13(15)17-10/h4,6,8-9,12H,5H2,1-3H3,(H3,15,17,18,20)/t6-,8?,9?,12+,14-/m0/s1. The average molecular weight is 337 g/mol. The molecule has 24 heavy (non-hydrogen) atoms. The number of H-pyrrole nitrogens is 1. The van der Waals surface area contributed by atoms with E-state index in [1.54, 1.807) is 14.2 Å². The summed E-state index contributed by atoms with van der Waals surface area (Å²) >= 11 is 0. The highest BCUT2D eigenvalue weighted by Crippen LogP contribution is 2.50. The van der Waals surface area contributed by atoms with Crippen molar-refractivity contribution in [1.82, 2.24) is 19.7 Å². The normalized spacial score (nSPS) is 35.1. The number of aromatic amines is 1. The van der Waals surface area contributed by atoms with E-state index in [4.69, 9.17) is 24.7 Å². The number of rotatable bonds is 4. The monoisotopic (exact) mass is 337 g/mol. The molecule has 5 atom stereocenters. The van der Waals surface area contributed by atoms with Gasteiger partial charge in [-0.15, -0.1) is 0 Å². The second-order valence-corrected chi connectivity index (χ2v) is 6.07. The van der Waals surface area contributed by atoms with Crippen molar-refractivity contribution >= 4 is 17.0 Å². The van der Waals surface area contributed by atoms with E-state index in [0.29, 0.717) is 17.6 Å². The van der Waals surface area contributed by atoms with Crippen LogP contribution in [-0.4, -0.2) is 64.5 Å². The number of nitrogen functional groups attached to an aromatic ring is 1. The van der Waals surface area contributed by atoms with Gasteiger partial charge in [0.05, 0.1) is 18.9 Å². The fourth-order valence-electron chi connectivity index (χ4n) is 3.72. The Hall–Kier alpha value is -2.01. The van der Waals surface area contributed by atoms with Crippen LogP contribution < -0.4 is 11.3 Å². The first-order valence-electron chi connectivity index (χ1n) is 7.60. The minimum atomic E-state index is -0.746. The Morgan fingerprint density at radius 3 is 3.00 bits per heavy atom. The molecule has 0 aliphatic carbocycles. The molecule has 0 amide bonds. The SMILES string of the molecule is COC[C@]12O[C@@H](n3ncc4c(=O)[nH]c(N)nc43)C(O[C@H]1C)C2OC.